The molecule has 0 saturated carbocycles. The topological polar surface area (TPSA) is 12.7 Å². The van der Waals surface area contributed by atoms with E-state index < -0.39 is 0 Å². The Hall–Kier alpha value is -1.77. The first-order valence-corrected chi connectivity index (χ1v) is 4.71. The molecule has 70 valence electrons. The summed E-state index contributed by atoms with van der Waals surface area (Å²) in [7, 11) is 2.07. The maximum absolute atomic E-state index is 2.20. The smallest absolute Gasteiger partial charge is 0.259 e. The molecular formula is C11H12N3+. The Kier molecular flexibility index (Phi) is 1.29. The number of aromatic nitrogens is 3. The predicted octanol–water partition coefficient (Wildman–Crippen LogP) is 1.32. The molecule has 0 aliphatic heterocycles. The summed E-state index contributed by atoms with van der Waals surface area (Å²) < 4.78 is 6.52. The lowest BCUT2D eigenvalue weighted by Gasteiger charge is -1.88. The molecule has 0 saturated heterocycles. The van der Waals surface area contributed by atoms with Crippen LogP contribution in [0, 0.1) is 6.92 Å². The highest BCUT2D eigenvalue weighted by Crippen LogP contribution is 2.11. The van der Waals surface area contributed by atoms with Crippen molar-refractivity contribution in [1.82, 2.24) is 8.80 Å². The normalized spacial score (nSPS) is 11.6. The minimum Gasteiger partial charge on any atom is -0.277 e. The highest BCUT2D eigenvalue weighted by atomic mass is 15.2. The van der Waals surface area contributed by atoms with Crippen LogP contribution in [-0.4, -0.2) is 8.80 Å². The Morgan fingerprint density at radius 1 is 1.21 bits per heavy atom. The number of rotatable bonds is 0. The second-order valence-corrected chi connectivity index (χ2v) is 3.64. The highest BCUT2D eigenvalue weighted by Gasteiger charge is 2.14. The second kappa shape index (κ2) is 2.38. The third-order valence-corrected chi connectivity index (χ3v) is 2.81. The third kappa shape index (κ3) is 0.789. The molecule has 3 aromatic rings. The van der Waals surface area contributed by atoms with Crippen LogP contribution in [0.5, 0.6) is 0 Å². The summed E-state index contributed by atoms with van der Waals surface area (Å²) in [6.45, 7) is 2.12. The number of fused-ring (bicyclic) bond motifs is 3. The summed E-state index contributed by atoms with van der Waals surface area (Å²) in [5, 5.41) is 0. The first-order valence-electron chi connectivity index (χ1n) is 4.71. The van der Waals surface area contributed by atoms with Gasteiger partial charge < -0.3 is 0 Å². The molecule has 0 aliphatic carbocycles. The van der Waals surface area contributed by atoms with Crippen LogP contribution in [0.15, 0.2) is 36.8 Å². The molecule has 3 heterocycles. The zero-order valence-corrected chi connectivity index (χ0v) is 8.31. The fourth-order valence-electron chi connectivity index (χ4n) is 1.90. The predicted molar refractivity (Wildman–Crippen MR) is 54.3 cm³/mol. The number of aryl methyl sites for hydroxylation is 2. The second-order valence-electron chi connectivity index (χ2n) is 3.64. The lowest BCUT2D eigenvalue weighted by atomic mass is 10.4. The van der Waals surface area contributed by atoms with Crippen molar-refractivity contribution in [1.29, 1.82) is 0 Å². The molecule has 3 nitrogen and oxygen atoms in total. The van der Waals surface area contributed by atoms with Gasteiger partial charge in [-0.1, -0.05) is 6.07 Å². The van der Waals surface area contributed by atoms with Crippen molar-refractivity contribution >= 4 is 11.2 Å². The lowest BCUT2D eigenvalue weighted by Crippen LogP contribution is -2.28. The van der Waals surface area contributed by atoms with E-state index in [1.165, 1.54) is 17.0 Å². The van der Waals surface area contributed by atoms with Crippen LogP contribution in [0.25, 0.3) is 11.2 Å². The van der Waals surface area contributed by atoms with Gasteiger partial charge in [-0.15, -0.1) is 0 Å². The van der Waals surface area contributed by atoms with Crippen LogP contribution in [0.1, 0.15) is 5.82 Å². The Balaban J connectivity index is 2.60. The van der Waals surface area contributed by atoms with Gasteiger partial charge in [0.15, 0.2) is 6.20 Å². The monoisotopic (exact) mass is 186 g/mol. The van der Waals surface area contributed by atoms with Gasteiger partial charge in [-0.3, -0.25) is 4.40 Å². The molecule has 14 heavy (non-hydrogen) atoms. The van der Waals surface area contributed by atoms with Gasteiger partial charge in [0.1, 0.15) is 6.20 Å². The number of imidazole rings is 2. The number of nitrogens with zero attached hydrogens (tertiary/aromatic N) is 3. The molecular weight excluding hydrogens is 174 g/mol. The van der Waals surface area contributed by atoms with E-state index >= 15 is 0 Å². The SMILES string of the molecule is Cc1n2cc3ccccn3c2c[n+]1C. The summed E-state index contributed by atoms with van der Waals surface area (Å²) >= 11 is 0. The van der Waals surface area contributed by atoms with E-state index in [1.54, 1.807) is 0 Å². The zero-order valence-electron chi connectivity index (χ0n) is 8.31. The molecule has 3 heteroatoms. The summed E-state index contributed by atoms with van der Waals surface area (Å²) in [4.78, 5) is 0. The fourth-order valence-corrected chi connectivity index (χ4v) is 1.90. The summed E-state index contributed by atoms with van der Waals surface area (Å²) in [5.74, 6) is 1.24. The standard InChI is InChI=1S/C11H12N3/c1-9-12(2)8-11-13-6-4-3-5-10(13)7-14(9)11/h3-8H,1-2H3/q+1. The molecule has 0 amide bonds. The average molecular weight is 186 g/mol. The minimum absolute atomic E-state index is 1.21. The Labute approximate surface area is 81.8 Å². The molecule has 3 rings (SSSR count). The zero-order chi connectivity index (χ0) is 9.71. The lowest BCUT2D eigenvalue weighted by molar-refractivity contribution is -0.676. The van der Waals surface area contributed by atoms with Gasteiger partial charge in [-0.25, -0.2) is 4.57 Å². The third-order valence-electron chi connectivity index (χ3n) is 2.81. The Morgan fingerprint density at radius 3 is 2.93 bits per heavy atom. The van der Waals surface area contributed by atoms with E-state index in [1.807, 2.05) is 0 Å². The fraction of sp³-hybridized carbons (Fsp3) is 0.182. The van der Waals surface area contributed by atoms with Crippen molar-refractivity contribution in [2.45, 2.75) is 6.92 Å². The van der Waals surface area contributed by atoms with Crippen LogP contribution in [0.4, 0.5) is 0 Å². The van der Waals surface area contributed by atoms with Crippen LogP contribution < -0.4 is 4.57 Å². The van der Waals surface area contributed by atoms with Gasteiger partial charge in [0.05, 0.1) is 12.6 Å². The van der Waals surface area contributed by atoms with Crippen LogP contribution in [0.3, 0.4) is 0 Å². The van der Waals surface area contributed by atoms with Crippen molar-refractivity contribution in [3.05, 3.63) is 42.6 Å². The van der Waals surface area contributed by atoms with Gasteiger partial charge in [0.2, 0.25) is 0 Å². The van der Waals surface area contributed by atoms with E-state index in [0.29, 0.717) is 0 Å². The highest BCUT2D eigenvalue weighted by molar-refractivity contribution is 5.56. The molecule has 0 fully saturated rings. The molecule has 0 spiro atoms. The molecule has 0 atom stereocenters. The quantitative estimate of drug-likeness (QED) is 0.470. The number of hydrogen-bond donors (Lipinski definition) is 0. The Morgan fingerprint density at radius 2 is 2.07 bits per heavy atom. The van der Waals surface area contributed by atoms with E-state index in [0.717, 1.165) is 0 Å². The largest absolute Gasteiger partial charge is 0.277 e. The van der Waals surface area contributed by atoms with E-state index in [9.17, 15) is 0 Å². The van der Waals surface area contributed by atoms with Crippen molar-refractivity contribution in [3.63, 3.8) is 0 Å². The van der Waals surface area contributed by atoms with Gasteiger partial charge in [-0.05, 0) is 12.1 Å². The Bertz CT molecular complexity index is 616. The maximum atomic E-state index is 2.20. The van der Waals surface area contributed by atoms with Crippen molar-refractivity contribution in [3.8, 4) is 0 Å². The van der Waals surface area contributed by atoms with Crippen molar-refractivity contribution in [2.24, 2.45) is 7.05 Å². The number of hydrogen-bond acceptors (Lipinski definition) is 0. The molecule has 3 aromatic heterocycles. The molecule has 0 unspecified atom stereocenters. The number of pyridine rings is 1. The van der Waals surface area contributed by atoms with Gasteiger partial charge in [0, 0.05) is 13.1 Å². The van der Waals surface area contributed by atoms with Crippen LogP contribution in [0.2, 0.25) is 0 Å². The molecule has 0 bridgehead atoms. The molecule has 0 aliphatic rings. The first kappa shape index (κ1) is 7.62. The molecule has 0 radical (unpaired) electrons. The van der Waals surface area contributed by atoms with Gasteiger partial charge in [-0.2, -0.15) is 4.40 Å². The maximum Gasteiger partial charge on any atom is 0.259 e. The summed E-state index contributed by atoms with van der Waals surface area (Å²) in [6.07, 6.45) is 6.39. The van der Waals surface area contributed by atoms with Gasteiger partial charge >= 0.3 is 0 Å². The summed E-state index contributed by atoms with van der Waals surface area (Å²) in [6, 6.07) is 6.23. The molecule has 0 aromatic carbocycles. The first-order chi connectivity index (χ1) is 6.77. The van der Waals surface area contributed by atoms with Crippen LogP contribution >= 0.6 is 0 Å². The van der Waals surface area contributed by atoms with Crippen LogP contribution in [-0.2, 0) is 7.05 Å². The van der Waals surface area contributed by atoms with Crippen molar-refractivity contribution in [2.75, 3.05) is 0 Å². The average Bonchev–Trinajstić information content (AvgIpc) is 2.67. The minimum atomic E-state index is 1.21. The van der Waals surface area contributed by atoms with E-state index in [4.69, 9.17) is 0 Å². The van der Waals surface area contributed by atoms with E-state index in [-0.39, 0.29) is 0 Å². The summed E-state index contributed by atoms with van der Waals surface area (Å²) in [5.41, 5.74) is 2.44. The van der Waals surface area contributed by atoms with E-state index in [2.05, 4.69) is 64.1 Å². The van der Waals surface area contributed by atoms with Gasteiger partial charge in [0.25, 0.3) is 11.5 Å². The van der Waals surface area contributed by atoms with Crippen molar-refractivity contribution < 1.29 is 4.57 Å². The molecule has 0 N–H and O–H groups in total.